The van der Waals surface area contributed by atoms with Crippen molar-refractivity contribution in [2.45, 2.75) is 166 Å². The summed E-state index contributed by atoms with van der Waals surface area (Å²) in [6, 6.07) is 33.3. The minimum atomic E-state index is 0. The Labute approximate surface area is 679 Å². The first-order chi connectivity index (χ1) is 52.6. The number of benzene rings is 6. The molecule has 0 atom stereocenters. The zero-order valence-electron chi connectivity index (χ0n) is 68.5. The fraction of sp³-hybridized carbons (Fsp3) is 0.250. The third-order valence-corrected chi connectivity index (χ3v) is 24.5. The summed E-state index contributed by atoms with van der Waals surface area (Å²) < 4.78 is 0. The Balaban J connectivity index is 0.000000124. The van der Waals surface area contributed by atoms with Gasteiger partial charge in [-0.15, -0.1) is 0 Å². The molecule has 0 aliphatic carbocycles. The van der Waals surface area contributed by atoms with E-state index in [1.54, 1.807) is 24.8 Å². The fourth-order valence-corrected chi connectivity index (χ4v) is 15.8. The van der Waals surface area contributed by atoms with Crippen molar-refractivity contribution in [3.8, 4) is 0 Å². The molecule has 0 aliphatic rings. The number of fused-ring (bicyclic) bond motifs is 24. The number of rotatable bonds is 0. The Bertz CT molecular complexity index is 6070. The monoisotopic (exact) mass is 1640 g/mol. The van der Waals surface area contributed by atoms with E-state index in [1.807, 2.05) is 48.5 Å². The quantitative estimate of drug-likeness (QED) is 0.0794. The van der Waals surface area contributed by atoms with Crippen molar-refractivity contribution in [2.75, 3.05) is 0 Å². The maximum Gasteiger partial charge on any atom is 2.00 e. The Morgan fingerprint density at radius 2 is 0.259 bits per heavy atom. The Kier molecular flexibility index (Phi) is 21.7. The molecule has 16 heteroatoms. The molecule has 112 heavy (non-hydrogen) atoms. The Morgan fingerprint density at radius 3 is 0.393 bits per heavy atom. The summed E-state index contributed by atoms with van der Waals surface area (Å²) in [5.41, 5.74) is 44.4. The summed E-state index contributed by atoms with van der Waals surface area (Å²) in [6.45, 7) is 51.1. The first-order valence-corrected chi connectivity index (χ1v) is 37.9. The van der Waals surface area contributed by atoms with Crippen molar-refractivity contribution in [1.29, 1.82) is 0 Å². The molecule has 0 bridgehead atoms. The maximum atomic E-state index is 5.14. The van der Waals surface area contributed by atoms with Gasteiger partial charge in [-0.3, -0.25) is 59.8 Å². The van der Waals surface area contributed by atoms with E-state index >= 15 is 0 Å². The van der Waals surface area contributed by atoms with Gasteiger partial charge < -0.3 is 0 Å². The van der Waals surface area contributed by atoms with Gasteiger partial charge in [-0.1, -0.05) is 48.5 Å². The number of aromatic nitrogens is 14. The molecule has 13 aromatic heterocycles. The SMILES string of the molecule is Cc1nc2c(ccc3c(C)c(C)c(C)nc32)c(C)c1C.Cc1nc2c(ccc3c(C)c(C)c(C)nc32)c(C)c1C.Cc1nc2c(ccc3c(C)c(C)c(C)nc32)c(C)c1C.Cc1nc2c(ccc3c(C)c(C)c(C)nc32)c(C)c1C.[Ru+2].[Ru+2].c1cnc2c(c1)c1nc3c4cccnc4c4ncccc4c3nc1c1cccnc12. The van der Waals surface area contributed by atoms with E-state index in [4.69, 9.17) is 49.8 Å². The van der Waals surface area contributed by atoms with Gasteiger partial charge in [-0.2, -0.15) is 0 Å². The summed E-state index contributed by atoms with van der Waals surface area (Å²) in [7, 11) is 0. The van der Waals surface area contributed by atoms with Crippen molar-refractivity contribution in [1.82, 2.24) is 69.8 Å². The number of hydrogen-bond acceptors (Lipinski definition) is 14. The third-order valence-electron chi connectivity index (χ3n) is 24.5. The van der Waals surface area contributed by atoms with Crippen LogP contribution in [0.3, 0.4) is 0 Å². The van der Waals surface area contributed by atoms with E-state index in [-0.39, 0.29) is 39.0 Å². The molecule has 13 heterocycles. The predicted octanol–water partition coefficient (Wildman–Crippen LogP) is 23.5. The van der Waals surface area contributed by atoms with Crippen molar-refractivity contribution in [3.05, 3.63) is 256 Å². The van der Waals surface area contributed by atoms with Crippen LogP contribution >= 0.6 is 0 Å². The van der Waals surface area contributed by atoms with Gasteiger partial charge in [0.1, 0.15) is 0 Å². The van der Waals surface area contributed by atoms with E-state index < -0.39 is 0 Å². The summed E-state index contributed by atoms with van der Waals surface area (Å²) in [6.07, 6.45) is 7.15. The van der Waals surface area contributed by atoms with Crippen LogP contribution in [0, 0.1) is 166 Å². The van der Waals surface area contributed by atoms with E-state index in [1.165, 1.54) is 132 Å². The Hall–Kier alpha value is -10.9. The van der Waals surface area contributed by atoms with Gasteiger partial charge in [-0.25, -0.2) is 9.97 Å². The first-order valence-electron chi connectivity index (χ1n) is 37.9. The summed E-state index contributed by atoms with van der Waals surface area (Å²) in [5.74, 6) is 0. The van der Waals surface area contributed by atoms with Crippen LogP contribution < -0.4 is 0 Å². The van der Waals surface area contributed by atoms with Crippen LogP contribution in [0.5, 0.6) is 0 Å². The van der Waals surface area contributed by atoms with Crippen molar-refractivity contribution in [2.24, 2.45) is 0 Å². The normalized spacial score (nSPS) is 11.4. The zero-order chi connectivity index (χ0) is 78.1. The molecule has 0 saturated heterocycles. The topological polar surface area (TPSA) is 180 Å². The molecule has 0 unspecified atom stereocenters. The standard InChI is InChI=1S/C24H12N6.4C18H20N2.2Ru/c1-5-13-17(25-9-1)18-14(6-2-10-26-18)22-21(13)29-23-15-7-3-11-27-19(15)20-16(24(23)30-22)8-4-12-28-20;4*1-9-11(3)15-7-8-16-12(4)10(2)14(6)20-18(16)17(15)19-13(9)5;;/h1-12H;4*7-8H,1-6H3;;/q;;;;;2*+2. The van der Waals surface area contributed by atoms with Gasteiger partial charge in [0.05, 0.1) is 88.3 Å². The molecule has 0 fully saturated rings. The number of aryl methyl sites for hydroxylation is 16. The summed E-state index contributed by atoms with van der Waals surface area (Å²) in [5, 5.41) is 13.5. The zero-order valence-corrected chi connectivity index (χ0v) is 72.0. The molecule has 6 aromatic carbocycles. The molecular weight excluding hydrogens is 1550 g/mol. The molecule has 19 rings (SSSR count). The van der Waals surface area contributed by atoms with E-state index in [0.29, 0.717) is 0 Å². The van der Waals surface area contributed by atoms with Crippen LogP contribution in [0.25, 0.3) is 153 Å². The summed E-state index contributed by atoms with van der Waals surface area (Å²) in [4.78, 5) is 67.2. The van der Waals surface area contributed by atoms with Gasteiger partial charge >= 0.3 is 39.0 Å². The summed E-state index contributed by atoms with van der Waals surface area (Å²) >= 11 is 0. The minimum Gasteiger partial charge on any atom is -0.254 e. The average molecular weight is 1640 g/mol. The number of pyridine rings is 12. The molecule has 0 radical (unpaired) electrons. The van der Waals surface area contributed by atoms with Gasteiger partial charge in [0.25, 0.3) is 0 Å². The van der Waals surface area contributed by atoms with Crippen LogP contribution in [-0.4, -0.2) is 69.8 Å². The molecular formula is C96H92N14Ru2+4. The van der Waals surface area contributed by atoms with Crippen LogP contribution in [0.4, 0.5) is 0 Å². The molecule has 0 aliphatic heterocycles. The average Bonchev–Trinajstić information content (AvgIpc) is 0.713. The van der Waals surface area contributed by atoms with Crippen molar-refractivity contribution in [3.63, 3.8) is 0 Å². The molecule has 19 aromatic rings. The van der Waals surface area contributed by atoms with Crippen molar-refractivity contribution < 1.29 is 39.0 Å². The second kappa shape index (κ2) is 30.6. The maximum absolute atomic E-state index is 5.14. The van der Waals surface area contributed by atoms with Crippen LogP contribution in [0.15, 0.2) is 122 Å². The second-order valence-electron chi connectivity index (χ2n) is 30.2. The first kappa shape index (κ1) is 79.2. The predicted molar refractivity (Wildman–Crippen MR) is 460 cm³/mol. The van der Waals surface area contributed by atoms with Crippen LogP contribution in [0.1, 0.15) is 135 Å². The van der Waals surface area contributed by atoms with Gasteiger partial charge in [-0.05, 0) is 304 Å². The smallest absolute Gasteiger partial charge is 0.254 e. The van der Waals surface area contributed by atoms with E-state index in [0.717, 1.165) is 155 Å². The largest absolute Gasteiger partial charge is 2.00 e. The van der Waals surface area contributed by atoms with E-state index in [9.17, 15) is 0 Å². The third kappa shape index (κ3) is 13.2. The fourth-order valence-electron chi connectivity index (χ4n) is 15.8. The molecule has 0 spiro atoms. The van der Waals surface area contributed by atoms with Gasteiger partial charge in [0.15, 0.2) is 0 Å². The van der Waals surface area contributed by atoms with E-state index in [2.05, 4.69) is 235 Å². The molecule has 0 N–H and O–H groups in total. The molecule has 0 amide bonds. The van der Waals surface area contributed by atoms with Crippen LogP contribution in [0.2, 0.25) is 0 Å². The molecule has 0 saturated carbocycles. The Morgan fingerprint density at radius 1 is 0.134 bits per heavy atom. The number of nitrogens with zero attached hydrogens (tertiary/aromatic N) is 14. The second-order valence-corrected chi connectivity index (χ2v) is 30.2. The number of hydrogen-bond donors (Lipinski definition) is 0. The van der Waals surface area contributed by atoms with Crippen molar-refractivity contribution >= 4 is 153 Å². The molecule has 558 valence electrons. The van der Waals surface area contributed by atoms with Crippen LogP contribution in [-0.2, 0) is 39.0 Å². The van der Waals surface area contributed by atoms with Gasteiger partial charge in [0, 0.05) is 135 Å². The molecule has 14 nitrogen and oxygen atoms in total. The minimum absolute atomic E-state index is 0. The van der Waals surface area contributed by atoms with Gasteiger partial charge in [0.2, 0.25) is 0 Å².